The largest absolute Gasteiger partial charge is 0.464 e. The zero-order valence-electron chi connectivity index (χ0n) is 16.9. The van der Waals surface area contributed by atoms with Gasteiger partial charge in [-0.05, 0) is 37.0 Å². The summed E-state index contributed by atoms with van der Waals surface area (Å²) >= 11 is 12.6. The van der Waals surface area contributed by atoms with E-state index in [9.17, 15) is 4.79 Å². The van der Waals surface area contributed by atoms with E-state index < -0.39 is 5.97 Å². The second kappa shape index (κ2) is 9.96. The lowest BCUT2D eigenvalue weighted by Crippen LogP contribution is -2.19. The van der Waals surface area contributed by atoms with Crippen LogP contribution in [0.15, 0.2) is 52.8 Å². The minimum atomic E-state index is -0.596. The molecule has 6 nitrogen and oxygen atoms in total. The molecule has 30 heavy (non-hydrogen) atoms. The number of hydrogen-bond donors (Lipinski definition) is 0. The number of benzene rings is 2. The van der Waals surface area contributed by atoms with E-state index in [0.717, 1.165) is 23.3 Å². The Bertz CT molecular complexity index is 971. The van der Waals surface area contributed by atoms with E-state index >= 15 is 0 Å². The minimum Gasteiger partial charge on any atom is -0.464 e. The Morgan fingerprint density at radius 3 is 2.43 bits per heavy atom. The fraction of sp³-hybridized carbons (Fsp3) is 0.318. The molecule has 1 saturated carbocycles. The van der Waals surface area contributed by atoms with Gasteiger partial charge in [-0.1, -0.05) is 63.8 Å². The average molecular weight is 449 g/mol. The van der Waals surface area contributed by atoms with Crippen molar-refractivity contribution in [1.29, 1.82) is 0 Å². The Kier molecular flexibility index (Phi) is 7.34. The van der Waals surface area contributed by atoms with Crippen LogP contribution in [0.2, 0.25) is 10.0 Å². The quantitative estimate of drug-likeness (QED) is 0.315. The van der Waals surface area contributed by atoms with Crippen LogP contribution >= 0.6 is 23.2 Å². The predicted molar refractivity (Wildman–Crippen MR) is 117 cm³/mol. The highest BCUT2D eigenvalue weighted by molar-refractivity contribution is 6.43. The standard InChI is InChI=1S/C22H22Cl2N2O4/c1-13(16-11-17(16)20-18(23)9-6-10-19(20)24)25-30-12-14-7-4-5-8-15(14)21(26-29-3)22(27)28-2/h4-10,16-17H,11-12H2,1-3H3/t16-,17+/m0/s1. The second-order valence-corrected chi connectivity index (χ2v) is 7.68. The number of rotatable bonds is 8. The minimum absolute atomic E-state index is 0.0653. The molecule has 3 rings (SSSR count). The van der Waals surface area contributed by atoms with Gasteiger partial charge in [0, 0.05) is 27.1 Å². The van der Waals surface area contributed by atoms with E-state index in [0.29, 0.717) is 15.6 Å². The fourth-order valence-corrected chi connectivity index (χ4v) is 4.05. The third-order valence-corrected chi connectivity index (χ3v) is 5.62. The lowest BCUT2D eigenvalue weighted by molar-refractivity contribution is -0.132. The highest BCUT2D eigenvalue weighted by Gasteiger charge is 2.43. The van der Waals surface area contributed by atoms with Gasteiger partial charge >= 0.3 is 5.97 Å². The van der Waals surface area contributed by atoms with Crippen LogP contribution in [0.5, 0.6) is 0 Å². The number of ether oxygens (including phenoxy) is 1. The maximum atomic E-state index is 12.0. The number of hydrogen-bond acceptors (Lipinski definition) is 6. The smallest absolute Gasteiger partial charge is 0.360 e. The van der Waals surface area contributed by atoms with E-state index in [4.69, 9.17) is 37.6 Å². The second-order valence-electron chi connectivity index (χ2n) is 6.86. The Labute approximate surface area is 185 Å². The molecule has 0 bridgehead atoms. The molecule has 158 valence electrons. The molecule has 0 radical (unpaired) electrons. The summed E-state index contributed by atoms with van der Waals surface area (Å²) in [5.41, 5.74) is 3.19. The Morgan fingerprint density at radius 1 is 1.07 bits per heavy atom. The Balaban J connectivity index is 1.69. The molecule has 0 amide bonds. The molecule has 0 heterocycles. The molecule has 0 saturated heterocycles. The van der Waals surface area contributed by atoms with Crippen molar-refractivity contribution in [2.24, 2.45) is 16.2 Å². The predicted octanol–water partition coefficient (Wildman–Crippen LogP) is 5.21. The number of methoxy groups -OCH3 is 1. The Hall–Kier alpha value is -2.57. The first-order valence-corrected chi connectivity index (χ1v) is 10.1. The number of nitrogens with zero attached hydrogens (tertiary/aromatic N) is 2. The van der Waals surface area contributed by atoms with Gasteiger partial charge in [0.1, 0.15) is 13.7 Å². The summed E-state index contributed by atoms with van der Waals surface area (Å²) < 4.78 is 4.79. The fourth-order valence-electron chi connectivity index (χ4n) is 3.37. The van der Waals surface area contributed by atoms with Crippen LogP contribution in [0.25, 0.3) is 0 Å². The maximum absolute atomic E-state index is 12.0. The molecular weight excluding hydrogens is 427 g/mol. The van der Waals surface area contributed by atoms with Crippen molar-refractivity contribution < 1.29 is 19.2 Å². The molecular formula is C22H22Cl2N2O4. The normalized spacial score (nSPS) is 18.7. The topological polar surface area (TPSA) is 69.5 Å². The van der Waals surface area contributed by atoms with Crippen LogP contribution < -0.4 is 0 Å². The molecule has 0 spiro atoms. The van der Waals surface area contributed by atoms with Gasteiger partial charge < -0.3 is 14.4 Å². The summed E-state index contributed by atoms with van der Waals surface area (Å²) in [5, 5.41) is 9.41. The molecule has 1 aliphatic carbocycles. The van der Waals surface area contributed by atoms with Gasteiger partial charge in [0.15, 0.2) is 5.71 Å². The summed E-state index contributed by atoms with van der Waals surface area (Å²) in [6, 6.07) is 12.7. The van der Waals surface area contributed by atoms with E-state index in [1.54, 1.807) is 12.1 Å². The molecule has 1 fully saturated rings. The van der Waals surface area contributed by atoms with Crippen molar-refractivity contribution in [1.82, 2.24) is 0 Å². The summed E-state index contributed by atoms with van der Waals surface area (Å²) in [6.45, 7) is 2.09. The first kappa shape index (κ1) is 22.1. The molecule has 0 unspecified atom stereocenters. The number of halogens is 2. The average Bonchev–Trinajstić information content (AvgIpc) is 3.52. The van der Waals surface area contributed by atoms with Gasteiger partial charge in [-0.15, -0.1) is 0 Å². The third-order valence-electron chi connectivity index (χ3n) is 4.96. The molecule has 2 atom stereocenters. The molecule has 2 aromatic rings. The van der Waals surface area contributed by atoms with E-state index in [1.165, 1.54) is 14.2 Å². The van der Waals surface area contributed by atoms with E-state index in [2.05, 4.69) is 10.3 Å². The summed E-state index contributed by atoms with van der Waals surface area (Å²) in [5.74, 6) is -0.120. The molecule has 8 heteroatoms. The maximum Gasteiger partial charge on any atom is 0.360 e. The van der Waals surface area contributed by atoms with E-state index in [1.807, 2.05) is 37.3 Å². The SMILES string of the molecule is CON=C(C(=O)OC)c1ccccc1CON=C(C)[C@@H]1C[C@H]1c1c(Cl)cccc1Cl. The van der Waals surface area contributed by atoms with Crippen LogP contribution in [-0.2, 0) is 25.8 Å². The van der Waals surface area contributed by atoms with Gasteiger partial charge in [0.05, 0.1) is 12.8 Å². The first-order chi connectivity index (χ1) is 14.5. The lowest BCUT2D eigenvalue weighted by atomic mass is 10.0. The summed E-state index contributed by atoms with van der Waals surface area (Å²) in [6.07, 6.45) is 0.922. The molecule has 0 aromatic heterocycles. The van der Waals surface area contributed by atoms with Crippen molar-refractivity contribution in [3.8, 4) is 0 Å². The number of carbonyl (C=O) groups excluding carboxylic acids is 1. The summed E-state index contributed by atoms with van der Waals surface area (Å²) in [4.78, 5) is 22.4. The number of carbonyl (C=O) groups is 1. The molecule has 0 N–H and O–H groups in total. The highest BCUT2D eigenvalue weighted by atomic mass is 35.5. The highest BCUT2D eigenvalue weighted by Crippen LogP contribution is 2.52. The van der Waals surface area contributed by atoms with Crippen LogP contribution in [0.4, 0.5) is 0 Å². The van der Waals surface area contributed by atoms with Gasteiger partial charge in [-0.25, -0.2) is 4.79 Å². The van der Waals surface area contributed by atoms with Crippen molar-refractivity contribution >= 4 is 40.6 Å². The van der Waals surface area contributed by atoms with Gasteiger partial charge in [-0.2, -0.15) is 0 Å². The van der Waals surface area contributed by atoms with Crippen LogP contribution in [-0.4, -0.2) is 31.6 Å². The molecule has 0 aliphatic heterocycles. The molecule has 2 aromatic carbocycles. The summed E-state index contributed by atoms with van der Waals surface area (Å²) in [7, 11) is 2.66. The van der Waals surface area contributed by atoms with E-state index in [-0.39, 0.29) is 24.2 Å². The van der Waals surface area contributed by atoms with Crippen LogP contribution in [0.3, 0.4) is 0 Å². The lowest BCUT2D eigenvalue weighted by Gasteiger charge is -2.10. The Morgan fingerprint density at radius 2 is 1.77 bits per heavy atom. The van der Waals surface area contributed by atoms with Crippen molar-refractivity contribution in [3.05, 3.63) is 69.2 Å². The van der Waals surface area contributed by atoms with Gasteiger partial charge in [0.2, 0.25) is 0 Å². The van der Waals surface area contributed by atoms with Crippen molar-refractivity contribution in [2.75, 3.05) is 14.2 Å². The zero-order valence-corrected chi connectivity index (χ0v) is 18.4. The number of oxime groups is 2. The molecule has 1 aliphatic rings. The first-order valence-electron chi connectivity index (χ1n) is 9.36. The van der Waals surface area contributed by atoms with Crippen molar-refractivity contribution in [3.63, 3.8) is 0 Å². The zero-order chi connectivity index (χ0) is 21.7. The van der Waals surface area contributed by atoms with Crippen LogP contribution in [0, 0.1) is 5.92 Å². The van der Waals surface area contributed by atoms with Crippen molar-refractivity contribution in [2.45, 2.75) is 25.9 Å². The number of esters is 1. The van der Waals surface area contributed by atoms with Gasteiger partial charge in [-0.3, -0.25) is 0 Å². The van der Waals surface area contributed by atoms with Crippen LogP contribution in [0.1, 0.15) is 36.0 Å². The third kappa shape index (κ3) is 4.94. The van der Waals surface area contributed by atoms with Gasteiger partial charge in [0.25, 0.3) is 0 Å². The monoisotopic (exact) mass is 448 g/mol.